The maximum absolute atomic E-state index is 5.79. The average molecular weight is 265 g/mol. The minimum atomic E-state index is 0.695. The molecule has 0 spiro atoms. The van der Waals surface area contributed by atoms with Gasteiger partial charge in [-0.1, -0.05) is 43.0 Å². The Bertz CT molecular complexity index is 604. The molecule has 1 heterocycles. The summed E-state index contributed by atoms with van der Waals surface area (Å²) in [4.78, 5) is 0. The number of fused-ring (bicyclic) bond motifs is 1. The lowest BCUT2D eigenvalue weighted by Crippen LogP contribution is -1.96. The lowest BCUT2D eigenvalue weighted by molar-refractivity contribution is 0.328. The van der Waals surface area contributed by atoms with E-state index >= 15 is 0 Å². The molecule has 3 rings (SSSR count). The summed E-state index contributed by atoms with van der Waals surface area (Å²) < 4.78 is 5.79. The van der Waals surface area contributed by atoms with Gasteiger partial charge in [0.2, 0.25) is 0 Å². The molecule has 0 aromatic heterocycles. The molecule has 1 N–H and O–H groups in total. The van der Waals surface area contributed by atoms with Crippen LogP contribution >= 0.6 is 0 Å². The maximum Gasteiger partial charge on any atom is 0.143 e. The molecule has 0 saturated carbocycles. The Labute approximate surface area is 120 Å². The van der Waals surface area contributed by atoms with Crippen molar-refractivity contribution >= 4 is 5.69 Å². The van der Waals surface area contributed by atoms with E-state index in [0.29, 0.717) is 6.61 Å². The van der Waals surface area contributed by atoms with Crippen LogP contribution in [0.4, 0.5) is 5.69 Å². The number of hydrogen-bond acceptors (Lipinski definition) is 2. The number of benzene rings is 2. The fraction of sp³-hybridized carbons (Fsp3) is 0.222. The molecule has 1 aliphatic rings. The van der Waals surface area contributed by atoms with Gasteiger partial charge in [0.1, 0.15) is 5.75 Å². The zero-order valence-electron chi connectivity index (χ0n) is 11.6. The molecule has 0 atom stereocenters. The molecule has 2 nitrogen and oxygen atoms in total. The molecular weight excluding hydrogens is 246 g/mol. The highest BCUT2D eigenvalue weighted by Crippen LogP contribution is 2.30. The Morgan fingerprint density at radius 2 is 1.80 bits per heavy atom. The minimum absolute atomic E-state index is 0.695. The van der Waals surface area contributed by atoms with E-state index in [4.69, 9.17) is 4.74 Å². The zero-order valence-corrected chi connectivity index (χ0v) is 11.6. The Hall–Kier alpha value is -2.22. The molecule has 1 aliphatic heterocycles. The van der Waals surface area contributed by atoms with Crippen molar-refractivity contribution in [3.8, 4) is 5.75 Å². The van der Waals surface area contributed by atoms with Gasteiger partial charge in [0.25, 0.3) is 0 Å². The first-order valence-electron chi connectivity index (χ1n) is 7.06. The molecule has 20 heavy (non-hydrogen) atoms. The van der Waals surface area contributed by atoms with Crippen molar-refractivity contribution in [1.29, 1.82) is 0 Å². The zero-order chi connectivity index (χ0) is 13.8. The SMILES string of the molecule is C=C1CCOc2cc(CCc3ccccc3)ccc2N1. The Kier molecular flexibility index (Phi) is 3.73. The van der Waals surface area contributed by atoms with Crippen molar-refractivity contribution in [3.63, 3.8) is 0 Å². The number of rotatable bonds is 3. The molecule has 2 aromatic carbocycles. The third-order valence-corrected chi connectivity index (χ3v) is 3.56. The van der Waals surface area contributed by atoms with Crippen LogP contribution in [-0.2, 0) is 12.8 Å². The van der Waals surface area contributed by atoms with Crippen LogP contribution in [0.3, 0.4) is 0 Å². The van der Waals surface area contributed by atoms with E-state index in [1.165, 1.54) is 11.1 Å². The van der Waals surface area contributed by atoms with Crippen molar-refractivity contribution in [3.05, 3.63) is 71.9 Å². The molecule has 0 radical (unpaired) electrons. The van der Waals surface area contributed by atoms with Gasteiger partial charge in [0.05, 0.1) is 12.3 Å². The third-order valence-electron chi connectivity index (χ3n) is 3.56. The second-order valence-corrected chi connectivity index (χ2v) is 5.14. The molecule has 0 amide bonds. The highest BCUT2D eigenvalue weighted by molar-refractivity contribution is 5.61. The summed E-state index contributed by atoms with van der Waals surface area (Å²) in [5.74, 6) is 0.939. The third kappa shape index (κ3) is 3.02. The van der Waals surface area contributed by atoms with Gasteiger partial charge < -0.3 is 10.1 Å². The van der Waals surface area contributed by atoms with E-state index in [1.54, 1.807) is 0 Å². The van der Waals surface area contributed by atoms with E-state index in [0.717, 1.165) is 36.4 Å². The lowest BCUT2D eigenvalue weighted by atomic mass is 10.0. The van der Waals surface area contributed by atoms with Crippen molar-refractivity contribution < 1.29 is 4.74 Å². The smallest absolute Gasteiger partial charge is 0.143 e. The van der Waals surface area contributed by atoms with Crippen LogP contribution in [0.15, 0.2) is 60.8 Å². The van der Waals surface area contributed by atoms with Crippen LogP contribution in [0.25, 0.3) is 0 Å². The number of hydrogen-bond donors (Lipinski definition) is 1. The summed E-state index contributed by atoms with van der Waals surface area (Å²) in [5, 5.41) is 3.30. The van der Waals surface area contributed by atoms with Crippen molar-refractivity contribution in [2.45, 2.75) is 19.3 Å². The standard InChI is InChI=1S/C18H19NO/c1-14-11-12-20-18-13-16(9-10-17(18)19-14)8-7-15-5-3-2-4-6-15/h2-6,9-10,13,19H,1,7-8,11-12H2. The van der Waals surface area contributed by atoms with Crippen LogP contribution in [0, 0.1) is 0 Å². The van der Waals surface area contributed by atoms with Crippen LogP contribution in [0.1, 0.15) is 17.5 Å². The van der Waals surface area contributed by atoms with Gasteiger partial charge >= 0.3 is 0 Å². The molecule has 2 aromatic rings. The molecule has 0 aliphatic carbocycles. The van der Waals surface area contributed by atoms with Gasteiger partial charge in [0, 0.05) is 12.1 Å². The summed E-state index contributed by atoms with van der Waals surface area (Å²) in [5.41, 5.74) is 4.72. The molecule has 2 heteroatoms. The normalized spacial score (nSPS) is 13.9. The summed E-state index contributed by atoms with van der Waals surface area (Å²) in [6.45, 7) is 4.68. The fourth-order valence-corrected chi connectivity index (χ4v) is 2.42. The first-order chi connectivity index (χ1) is 9.81. The number of aryl methyl sites for hydroxylation is 2. The van der Waals surface area contributed by atoms with Gasteiger partial charge in [-0.25, -0.2) is 0 Å². The summed E-state index contributed by atoms with van der Waals surface area (Å²) in [7, 11) is 0. The topological polar surface area (TPSA) is 21.3 Å². The Balaban J connectivity index is 1.72. The van der Waals surface area contributed by atoms with E-state index in [1.807, 2.05) is 0 Å². The second-order valence-electron chi connectivity index (χ2n) is 5.14. The predicted molar refractivity (Wildman–Crippen MR) is 83.2 cm³/mol. The second kappa shape index (κ2) is 5.83. The van der Waals surface area contributed by atoms with Crippen LogP contribution in [-0.4, -0.2) is 6.61 Å². The number of nitrogens with one attached hydrogen (secondary N) is 1. The first-order valence-corrected chi connectivity index (χ1v) is 7.06. The van der Waals surface area contributed by atoms with Crippen molar-refractivity contribution in [1.82, 2.24) is 0 Å². The molecule has 102 valence electrons. The number of ether oxygens (including phenoxy) is 1. The predicted octanol–water partition coefficient (Wildman–Crippen LogP) is 4.18. The molecule has 0 bridgehead atoms. The van der Waals surface area contributed by atoms with E-state index in [-0.39, 0.29) is 0 Å². The summed E-state index contributed by atoms with van der Waals surface area (Å²) in [6, 6.07) is 17.0. The lowest BCUT2D eigenvalue weighted by Gasteiger charge is -2.10. The van der Waals surface area contributed by atoms with E-state index < -0.39 is 0 Å². The van der Waals surface area contributed by atoms with Crippen molar-refractivity contribution in [2.75, 3.05) is 11.9 Å². The number of anilines is 1. The van der Waals surface area contributed by atoms with Gasteiger partial charge in [-0.3, -0.25) is 0 Å². The molecule has 0 unspecified atom stereocenters. The van der Waals surface area contributed by atoms with Crippen molar-refractivity contribution in [2.24, 2.45) is 0 Å². The largest absolute Gasteiger partial charge is 0.491 e. The Morgan fingerprint density at radius 1 is 1.00 bits per heavy atom. The van der Waals surface area contributed by atoms with Gasteiger partial charge in [-0.2, -0.15) is 0 Å². The monoisotopic (exact) mass is 265 g/mol. The molecular formula is C18H19NO. The fourth-order valence-electron chi connectivity index (χ4n) is 2.42. The quantitative estimate of drug-likeness (QED) is 0.899. The van der Waals surface area contributed by atoms with E-state index in [9.17, 15) is 0 Å². The van der Waals surface area contributed by atoms with Gasteiger partial charge in [-0.05, 0) is 36.1 Å². The van der Waals surface area contributed by atoms with Gasteiger partial charge in [0.15, 0.2) is 0 Å². The van der Waals surface area contributed by atoms with E-state index in [2.05, 4.69) is 60.4 Å². The molecule has 0 saturated heterocycles. The van der Waals surface area contributed by atoms with Crippen LogP contribution < -0.4 is 10.1 Å². The maximum atomic E-state index is 5.79. The highest BCUT2D eigenvalue weighted by atomic mass is 16.5. The molecule has 0 fully saturated rings. The highest BCUT2D eigenvalue weighted by Gasteiger charge is 2.10. The summed E-state index contributed by atoms with van der Waals surface area (Å²) in [6.07, 6.45) is 2.94. The summed E-state index contributed by atoms with van der Waals surface area (Å²) >= 11 is 0. The minimum Gasteiger partial charge on any atom is -0.491 e. The average Bonchev–Trinajstić information content (AvgIpc) is 2.66. The first kappa shape index (κ1) is 12.8. The van der Waals surface area contributed by atoms with Crippen LogP contribution in [0.2, 0.25) is 0 Å². The van der Waals surface area contributed by atoms with Crippen LogP contribution in [0.5, 0.6) is 5.75 Å². The van der Waals surface area contributed by atoms with Gasteiger partial charge in [-0.15, -0.1) is 0 Å². The Morgan fingerprint density at radius 3 is 2.65 bits per heavy atom.